The molecule has 0 heterocycles. The number of nitriles is 1. The molecule has 92 valence electrons. The van der Waals surface area contributed by atoms with Gasteiger partial charge in [0.05, 0.1) is 18.6 Å². The number of esters is 1. The van der Waals surface area contributed by atoms with Gasteiger partial charge in [0.1, 0.15) is 0 Å². The SMILES string of the molecule is CCOC(=O)C(C(=O)O)C(C#N)CC(C)C.[H-].[K+]. The molecule has 0 aromatic heterocycles. The van der Waals surface area contributed by atoms with E-state index >= 15 is 0 Å². The zero-order valence-corrected chi connectivity index (χ0v) is 13.9. The van der Waals surface area contributed by atoms with Gasteiger partial charge in [0, 0.05) is 0 Å². The van der Waals surface area contributed by atoms with Gasteiger partial charge in [-0.25, -0.2) is 0 Å². The zero-order valence-electron chi connectivity index (χ0n) is 11.8. The molecule has 0 aliphatic carbocycles. The van der Waals surface area contributed by atoms with Crippen LogP contribution in [0.4, 0.5) is 0 Å². The summed E-state index contributed by atoms with van der Waals surface area (Å²) >= 11 is 0. The number of rotatable bonds is 6. The molecule has 0 radical (unpaired) electrons. The Labute approximate surface area is 145 Å². The Balaban J connectivity index is -0.00000112. The maximum atomic E-state index is 11.4. The van der Waals surface area contributed by atoms with Crippen molar-refractivity contribution in [2.45, 2.75) is 27.2 Å². The van der Waals surface area contributed by atoms with E-state index in [1.807, 2.05) is 19.9 Å². The number of carboxylic acids is 1. The van der Waals surface area contributed by atoms with Crippen molar-refractivity contribution < 1.29 is 72.2 Å². The van der Waals surface area contributed by atoms with Crippen molar-refractivity contribution in [3.63, 3.8) is 0 Å². The van der Waals surface area contributed by atoms with Gasteiger partial charge in [0.15, 0.2) is 5.92 Å². The summed E-state index contributed by atoms with van der Waals surface area (Å²) in [6.45, 7) is 5.45. The molecule has 1 N–H and O–H groups in total. The van der Waals surface area contributed by atoms with Crippen molar-refractivity contribution in [3.05, 3.63) is 0 Å². The minimum atomic E-state index is -1.38. The summed E-state index contributed by atoms with van der Waals surface area (Å²) in [5.41, 5.74) is 0. The van der Waals surface area contributed by atoms with E-state index in [4.69, 9.17) is 10.4 Å². The van der Waals surface area contributed by atoms with E-state index in [2.05, 4.69) is 4.74 Å². The average Bonchev–Trinajstić information content (AvgIpc) is 2.15. The molecular weight excluding hydrogens is 249 g/mol. The summed E-state index contributed by atoms with van der Waals surface area (Å²) < 4.78 is 4.66. The molecule has 0 spiro atoms. The van der Waals surface area contributed by atoms with Gasteiger partial charge < -0.3 is 11.3 Å². The molecule has 0 aliphatic heterocycles. The fraction of sp³-hybridized carbons (Fsp3) is 0.727. The van der Waals surface area contributed by atoms with Crippen LogP contribution in [-0.2, 0) is 14.3 Å². The summed E-state index contributed by atoms with van der Waals surface area (Å²) in [5.74, 6) is -4.20. The summed E-state index contributed by atoms with van der Waals surface area (Å²) in [5, 5.41) is 17.8. The molecule has 0 aliphatic rings. The van der Waals surface area contributed by atoms with Crippen LogP contribution < -0.4 is 51.4 Å². The number of carbonyl (C=O) groups is 2. The van der Waals surface area contributed by atoms with Crippen LogP contribution in [0.2, 0.25) is 0 Å². The Kier molecular flexibility index (Phi) is 11.5. The van der Waals surface area contributed by atoms with Crippen molar-refractivity contribution in [2.24, 2.45) is 17.8 Å². The van der Waals surface area contributed by atoms with Gasteiger partial charge in [-0.3, -0.25) is 9.59 Å². The molecule has 0 amide bonds. The van der Waals surface area contributed by atoms with Crippen molar-refractivity contribution in [3.8, 4) is 6.07 Å². The average molecular weight is 267 g/mol. The summed E-state index contributed by atoms with van der Waals surface area (Å²) in [6.07, 6.45) is 0.367. The molecule has 0 saturated carbocycles. The first-order chi connectivity index (χ1) is 7.43. The molecule has 0 bridgehead atoms. The van der Waals surface area contributed by atoms with Gasteiger partial charge in [-0.05, 0) is 19.3 Å². The Morgan fingerprint density at radius 2 is 2.00 bits per heavy atom. The van der Waals surface area contributed by atoms with E-state index in [0.717, 1.165) is 0 Å². The summed E-state index contributed by atoms with van der Waals surface area (Å²) in [6, 6.07) is 1.87. The number of carbonyl (C=O) groups excluding carboxylic acids is 1. The van der Waals surface area contributed by atoms with Crippen LogP contribution in [0, 0.1) is 29.1 Å². The molecule has 0 fully saturated rings. The first kappa shape index (κ1) is 19.4. The number of aliphatic carboxylic acids is 1. The first-order valence-electron chi connectivity index (χ1n) is 5.23. The van der Waals surface area contributed by atoms with Crippen LogP contribution in [0.15, 0.2) is 0 Å². The molecule has 0 aromatic rings. The van der Waals surface area contributed by atoms with Crippen molar-refractivity contribution in [2.75, 3.05) is 6.61 Å². The van der Waals surface area contributed by atoms with Gasteiger partial charge in [-0.2, -0.15) is 5.26 Å². The minimum Gasteiger partial charge on any atom is -1.00 e. The molecule has 0 aromatic carbocycles. The fourth-order valence-corrected chi connectivity index (χ4v) is 1.44. The third-order valence-electron chi connectivity index (χ3n) is 2.10. The molecule has 2 unspecified atom stereocenters. The van der Waals surface area contributed by atoms with Crippen molar-refractivity contribution >= 4 is 11.9 Å². The largest absolute Gasteiger partial charge is 1.00 e. The quantitative estimate of drug-likeness (QED) is 0.361. The molecule has 2 atom stereocenters. The molecule has 0 rings (SSSR count). The van der Waals surface area contributed by atoms with Crippen LogP contribution in [0.25, 0.3) is 0 Å². The first-order valence-corrected chi connectivity index (χ1v) is 5.23. The van der Waals surface area contributed by atoms with Gasteiger partial charge in [-0.15, -0.1) is 0 Å². The van der Waals surface area contributed by atoms with Crippen molar-refractivity contribution in [1.82, 2.24) is 0 Å². The van der Waals surface area contributed by atoms with Crippen LogP contribution in [0.5, 0.6) is 0 Å². The maximum absolute atomic E-state index is 11.4. The third kappa shape index (κ3) is 7.16. The van der Waals surface area contributed by atoms with Crippen molar-refractivity contribution in [1.29, 1.82) is 5.26 Å². The normalized spacial score (nSPS) is 13.1. The van der Waals surface area contributed by atoms with E-state index in [1.54, 1.807) is 6.92 Å². The van der Waals surface area contributed by atoms with Gasteiger partial charge >= 0.3 is 63.3 Å². The summed E-state index contributed by atoms with van der Waals surface area (Å²) in [4.78, 5) is 22.4. The Bertz CT molecular complexity index is 304. The predicted molar refractivity (Wildman–Crippen MR) is 57.4 cm³/mol. The molecule has 0 saturated heterocycles. The number of hydrogen-bond donors (Lipinski definition) is 1. The van der Waals surface area contributed by atoms with E-state index in [-0.39, 0.29) is 65.3 Å². The minimum absolute atomic E-state index is 0. The van der Waals surface area contributed by atoms with Crippen LogP contribution in [0.1, 0.15) is 28.6 Å². The Morgan fingerprint density at radius 1 is 1.47 bits per heavy atom. The van der Waals surface area contributed by atoms with Gasteiger partial charge in [0.25, 0.3) is 0 Å². The number of nitrogens with zero attached hydrogens (tertiary/aromatic N) is 1. The van der Waals surface area contributed by atoms with Crippen LogP contribution in [0.3, 0.4) is 0 Å². The zero-order chi connectivity index (χ0) is 12.7. The predicted octanol–water partition coefficient (Wildman–Crippen LogP) is -1.45. The van der Waals surface area contributed by atoms with E-state index in [9.17, 15) is 9.59 Å². The molecule has 5 nitrogen and oxygen atoms in total. The number of ether oxygens (including phenoxy) is 1. The monoisotopic (exact) mass is 267 g/mol. The van der Waals surface area contributed by atoms with Gasteiger partial charge in [0.2, 0.25) is 0 Å². The molecule has 6 heteroatoms. The standard InChI is InChI=1S/C11H17NO4.K.H/c1-4-16-11(15)9(10(13)14)8(6-12)5-7(2)3;;/h7-9H,4-5H2,1-3H3,(H,13,14);;/q;+1;-1. The summed E-state index contributed by atoms with van der Waals surface area (Å²) in [7, 11) is 0. The van der Waals surface area contributed by atoms with E-state index in [0.29, 0.717) is 6.42 Å². The Hall–Kier alpha value is 0.0664. The second kappa shape index (κ2) is 10.0. The second-order valence-electron chi connectivity index (χ2n) is 3.93. The van der Waals surface area contributed by atoms with Crippen LogP contribution >= 0.6 is 0 Å². The topological polar surface area (TPSA) is 87.4 Å². The van der Waals surface area contributed by atoms with Gasteiger partial charge in [-0.1, -0.05) is 13.8 Å². The second-order valence-corrected chi connectivity index (χ2v) is 3.93. The third-order valence-corrected chi connectivity index (χ3v) is 2.10. The molecular formula is C11H18KNO4. The fourth-order valence-electron chi connectivity index (χ4n) is 1.44. The van der Waals surface area contributed by atoms with E-state index in [1.165, 1.54) is 0 Å². The smallest absolute Gasteiger partial charge is 1.00 e. The number of carboxylic acid groups (broad SMARTS) is 1. The maximum Gasteiger partial charge on any atom is 1.00 e. The Morgan fingerprint density at radius 3 is 2.29 bits per heavy atom. The van der Waals surface area contributed by atoms with Crippen LogP contribution in [-0.4, -0.2) is 23.7 Å². The molecule has 17 heavy (non-hydrogen) atoms. The van der Waals surface area contributed by atoms with E-state index < -0.39 is 23.8 Å². The number of hydrogen-bond acceptors (Lipinski definition) is 4.